The van der Waals surface area contributed by atoms with E-state index in [1.54, 1.807) is 0 Å². The minimum absolute atomic E-state index is 0.0266. The normalized spacial score (nSPS) is 28.3. The molecule has 10 N–H and O–H groups in total. The van der Waals surface area contributed by atoms with Crippen molar-refractivity contribution in [3.8, 4) is 0 Å². The average molecular weight is 945 g/mol. The van der Waals surface area contributed by atoms with Crippen LogP contribution in [0.4, 0.5) is 0 Å². The summed E-state index contributed by atoms with van der Waals surface area (Å²) in [6.07, 6.45) is 24.8. The summed E-state index contributed by atoms with van der Waals surface area (Å²) in [6.45, 7) is 28.3. The molecule has 1 aromatic carbocycles. The third-order valence-electron chi connectivity index (χ3n) is 14.3. The molecule has 0 aromatic heterocycles. The van der Waals surface area contributed by atoms with Crippen LogP contribution in [0, 0.1) is 29.6 Å². The first-order valence-corrected chi connectivity index (χ1v) is 28.2. The van der Waals surface area contributed by atoms with Gasteiger partial charge in [0, 0.05) is 24.7 Å². The van der Waals surface area contributed by atoms with Gasteiger partial charge in [0.05, 0.1) is 12.7 Å². The van der Waals surface area contributed by atoms with Crippen LogP contribution < -0.4 is 42.5 Å². The molecule has 0 radical (unpaired) electrons. The second-order valence-electron chi connectivity index (χ2n) is 21.9. The fraction of sp³-hybridized carbons (Fsp3) is 0.893. The lowest BCUT2D eigenvalue weighted by molar-refractivity contribution is 0.137. The van der Waals surface area contributed by atoms with Crippen LogP contribution in [0.25, 0.3) is 0 Å². The highest BCUT2D eigenvalue weighted by Gasteiger charge is 2.15. The number of nitrogens with one attached hydrogen (secondary N) is 8. The van der Waals surface area contributed by atoms with E-state index in [1.807, 2.05) is 0 Å². The molecule has 0 bridgehead atoms. The van der Waals surface area contributed by atoms with Crippen LogP contribution in [0.1, 0.15) is 156 Å². The summed E-state index contributed by atoms with van der Waals surface area (Å²) < 4.78 is 0. The first kappa shape index (κ1) is 61.9. The van der Waals surface area contributed by atoms with Crippen LogP contribution in [0.2, 0.25) is 0 Å². The molecule has 0 aliphatic carbocycles. The molecule has 11 heteroatoms. The van der Waals surface area contributed by atoms with E-state index in [-0.39, 0.29) is 6.10 Å². The molecule has 67 heavy (non-hydrogen) atoms. The summed E-state index contributed by atoms with van der Waals surface area (Å²) >= 11 is 0. The molecule has 11 nitrogen and oxygen atoms in total. The van der Waals surface area contributed by atoms with Crippen molar-refractivity contribution in [3.63, 3.8) is 0 Å². The molecular weight excluding hydrogens is 831 g/mol. The molecule has 0 spiro atoms. The summed E-state index contributed by atoms with van der Waals surface area (Å²) in [6, 6.07) is 12.8. The van der Waals surface area contributed by atoms with E-state index in [0.29, 0.717) is 12.6 Å². The van der Waals surface area contributed by atoms with E-state index in [2.05, 4.69) is 126 Å². The third kappa shape index (κ3) is 37.3. The Balaban J connectivity index is 0.000000266. The highest BCUT2D eigenvalue weighted by Crippen LogP contribution is 2.18. The molecule has 8 fully saturated rings. The Labute approximate surface area is 414 Å². The maximum Gasteiger partial charge on any atom is 0.0584 e. The lowest BCUT2D eigenvalue weighted by Crippen LogP contribution is -2.41. The highest BCUT2D eigenvalue weighted by molar-refractivity contribution is 5.15. The lowest BCUT2D eigenvalue weighted by atomic mass is 9.91. The van der Waals surface area contributed by atoms with Crippen molar-refractivity contribution in [1.29, 1.82) is 0 Å². The SMILES string of the molecule is CC1CCCCN1.CC1CCCNC1.CC1CCNCC1.CC1CNCC(C)C1.CN(C)CC1CCCCN1.OC1CCNCC1.OCC1CCCCN1.c1ccc(CC2CCNCC2)cc1. The van der Waals surface area contributed by atoms with Crippen molar-refractivity contribution >= 4 is 0 Å². The fourth-order valence-electron chi connectivity index (χ4n) is 9.89. The number of aliphatic hydroxyl groups excluding tert-OH is 2. The molecule has 8 saturated heterocycles. The maximum atomic E-state index is 8.87. The van der Waals surface area contributed by atoms with Gasteiger partial charge in [0.2, 0.25) is 0 Å². The Morgan fingerprint density at radius 3 is 1.33 bits per heavy atom. The molecule has 8 aliphatic heterocycles. The minimum atomic E-state index is -0.0266. The number of rotatable bonds is 5. The van der Waals surface area contributed by atoms with Gasteiger partial charge in [0.15, 0.2) is 0 Å². The first-order valence-electron chi connectivity index (χ1n) is 28.2. The van der Waals surface area contributed by atoms with Gasteiger partial charge in [0.1, 0.15) is 0 Å². The van der Waals surface area contributed by atoms with Crippen LogP contribution >= 0.6 is 0 Å². The van der Waals surface area contributed by atoms with Crippen molar-refractivity contribution in [2.45, 2.75) is 181 Å². The summed E-state index contributed by atoms with van der Waals surface area (Å²) in [5, 5.41) is 44.2. The van der Waals surface area contributed by atoms with Gasteiger partial charge in [-0.3, -0.25) is 0 Å². The minimum Gasteiger partial charge on any atom is -0.395 e. The highest BCUT2D eigenvalue weighted by atomic mass is 16.3. The summed E-state index contributed by atoms with van der Waals surface area (Å²) in [7, 11) is 4.27. The fourth-order valence-corrected chi connectivity index (χ4v) is 9.89. The summed E-state index contributed by atoms with van der Waals surface area (Å²) in [4.78, 5) is 2.25. The van der Waals surface area contributed by atoms with Crippen molar-refractivity contribution < 1.29 is 10.2 Å². The van der Waals surface area contributed by atoms with Crippen LogP contribution in [-0.2, 0) is 6.42 Å². The number of aliphatic hydroxyl groups is 2. The molecule has 0 saturated carbocycles. The lowest BCUT2D eigenvalue weighted by Gasteiger charge is -2.25. The second kappa shape index (κ2) is 42.5. The monoisotopic (exact) mass is 944 g/mol. The molecule has 8 heterocycles. The number of hydrogen-bond acceptors (Lipinski definition) is 11. The predicted molar refractivity (Wildman–Crippen MR) is 290 cm³/mol. The van der Waals surface area contributed by atoms with Crippen LogP contribution in [-0.4, -0.2) is 152 Å². The number of benzene rings is 1. The van der Waals surface area contributed by atoms with E-state index in [0.717, 1.165) is 80.6 Å². The molecule has 6 unspecified atom stereocenters. The number of hydrogen-bond donors (Lipinski definition) is 10. The van der Waals surface area contributed by atoms with Crippen LogP contribution in [0.15, 0.2) is 30.3 Å². The zero-order valence-corrected chi connectivity index (χ0v) is 45.0. The summed E-state index contributed by atoms with van der Waals surface area (Å²) in [5.41, 5.74) is 1.49. The topological polar surface area (TPSA) is 140 Å². The number of piperidine rings is 8. The van der Waals surface area contributed by atoms with Crippen molar-refractivity contribution in [1.82, 2.24) is 47.4 Å². The second-order valence-corrected chi connectivity index (χ2v) is 21.9. The molecule has 1 aromatic rings. The van der Waals surface area contributed by atoms with Gasteiger partial charge >= 0.3 is 0 Å². The van der Waals surface area contributed by atoms with Gasteiger partial charge in [-0.25, -0.2) is 0 Å². The Bertz CT molecular complexity index is 1090. The molecule has 9 rings (SSSR count). The van der Waals surface area contributed by atoms with E-state index >= 15 is 0 Å². The average Bonchev–Trinajstić information content (AvgIpc) is 3.35. The largest absolute Gasteiger partial charge is 0.395 e. The molecule has 394 valence electrons. The molecule has 8 aliphatic rings. The van der Waals surface area contributed by atoms with Gasteiger partial charge in [-0.15, -0.1) is 0 Å². The van der Waals surface area contributed by atoms with Gasteiger partial charge in [-0.2, -0.15) is 0 Å². The maximum absolute atomic E-state index is 8.87. The molecule has 0 amide bonds. The van der Waals surface area contributed by atoms with Crippen molar-refractivity contribution in [2.24, 2.45) is 29.6 Å². The van der Waals surface area contributed by atoms with Crippen molar-refractivity contribution in [2.75, 3.05) is 112 Å². The van der Waals surface area contributed by atoms with E-state index in [9.17, 15) is 0 Å². The Morgan fingerprint density at radius 1 is 0.478 bits per heavy atom. The molecular formula is C56H113N9O2. The molecule has 6 atom stereocenters. The number of likely N-dealkylation sites (N-methyl/N-ethyl adjacent to an activating group) is 1. The van der Waals surface area contributed by atoms with Crippen molar-refractivity contribution in [3.05, 3.63) is 35.9 Å². The zero-order valence-electron chi connectivity index (χ0n) is 45.0. The van der Waals surface area contributed by atoms with E-state index < -0.39 is 0 Å². The zero-order chi connectivity index (χ0) is 48.6. The Kier molecular flexibility index (Phi) is 39.2. The van der Waals surface area contributed by atoms with Gasteiger partial charge < -0.3 is 57.6 Å². The van der Waals surface area contributed by atoms with Crippen LogP contribution in [0.3, 0.4) is 0 Å². The van der Waals surface area contributed by atoms with Gasteiger partial charge in [-0.1, -0.05) is 77.3 Å². The summed E-state index contributed by atoms with van der Waals surface area (Å²) in [5.74, 6) is 4.61. The van der Waals surface area contributed by atoms with Gasteiger partial charge in [0.25, 0.3) is 0 Å². The van der Waals surface area contributed by atoms with Crippen LogP contribution in [0.5, 0.6) is 0 Å². The third-order valence-corrected chi connectivity index (χ3v) is 14.3. The predicted octanol–water partition coefficient (Wildman–Crippen LogP) is 7.18. The Hall–Kier alpha value is -1.22. The smallest absolute Gasteiger partial charge is 0.0584 e. The van der Waals surface area contributed by atoms with Gasteiger partial charge in [-0.05, 0) is 244 Å². The Morgan fingerprint density at radius 2 is 1.00 bits per heavy atom. The quantitative estimate of drug-likeness (QED) is 0.147. The standard InChI is InChI=1S/C12H17N.C8H18N2.C7H15N.C6H13NO.3C6H13N.C5H11NO/c1-2-4-11(5-3-1)10-12-6-8-13-9-7-12;1-10(2)7-8-5-3-4-6-9-8;1-6-3-7(2)5-8-4-6;8-5-6-3-1-2-4-7-6;1-6-2-4-7-5-3-6;1-6-3-2-4-7-5-6;1-6-4-2-3-5-7-6;7-5-1-3-6-4-2-5/h1-5,12-13H,6-10H2;8-9H,3-7H2,1-2H3;6-8H,3-5H2,1-2H3;6-8H,1-5H2;3*6-7H,2-5H2,1H3;5-7H,1-4H2. The number of nitrogens with zero attached hydrogens (tertiary/aromatic N) is 1. The van der Waals surface area contributed by atoms with E-state index in [1.165, 1.54) is 180 Å². The van der Waals surface area contributed by atoms with E-state index in [4.69, 9.17) is 10.2 Å². The first-order chi connectivity index (χ1) is 32.5.